The molecule has 1 aliphatic heterocycles. The number of benzene rings is 1. The summed E-state index contributed by atoms with van der Waals surface area (Å²) < 4.78 is 32.9. The number of Topliss-reactive ketones (excluding diaryl/α,β-unsaturated/α-hetero) is 1. The molecule has 0 bridgehead atoms. The lowest BCUT2D eigenvalue weighted by Gasteiger charge is -2.35. The number of carboxylic acids is 1. The molecule has 0 amide bonds. The summed E-state index contributed by atoms with van der Waals surface area (Å²) in [6.07, 6.45) is 2.00. The van der Waals surface area contributed by atoms with Crippen LogP contribution in [-0.2, 0) is 4.79 Å². The van der Waals surface area contributed by atoms with Gasteiger partial charge in [0.25, 0.3) is 0 Å². The van der Waals surface area contributed by atoms with Gasteiger partial charge in [0.1, 0.15) is 11.6 Å². The molecule has 1 fully saturated rings. The molecule has 0 spiro atoms. The summed E-state index contributed by atoms with van der Waals surface area (Å²) in [5.41, 5.74) is 0.442. The van der Waals surface area contributed by atoms with Crippen molar-refractivity contribution in [2.24, 2.45) is 11.8 Å². The monoisotopic (exact) mass is 498 g/mol. The molecule has 1 aromatic carbocycles. The SMILES string of the molecule is COc1ccc2ncc(F)c(C(=O)CCC3CCN(CC#Cc4cc(F)cs4)CC3C(=O)O)c2c1. The molecule has 6 nitrogen and oxygen atoms in total. The normalized spacial score (nSPS) is 18.1. The number of pyridine rings is 1. The summed E-state index contributed by atoms with van der Waals surface area (Å²) in [6, 6.07) is 6.31. The largest absolute Gasteiger partial charge is 0.497 e. The van der Waals surface area contributed by atoms with Gasteiger partial charge in [0, 0.05) is 29.8 Å². The predicted molar refractivity (Wildman–Crippen MR) is 129 cm³/mol. The second kappa shape index (κ2) is 10.9. The van der Waals surface area contributed by atoms with Crippen molar-refractivity contribution in [1.29, 1.82) is 0 Å². The van der Waals surface area contributed by atoms with E-state index in [4.69, 9.17) is 4.74 Å². The summed E-state index contributed by atoms with van der Waals surface area (Å²) in [4.78, 5) is 31.6. The van der Waals surface area contributed by atoms with Gasteiger partial charge in [-0.2, -0.15) is 0 Å². The fourth-order valence-corrected chi connectivity index (χ4v) is 5.07. The van der Waals surface area contributed by atoms with Gasteiger partial charge in [0.2, 0.25) is 0 Å². The number of carbonyl (C=O) groups is 2. The van der Waals surface area contributed by atoms with Crippen molar-refractivity contribution in [1.82, 2.24) is 9.88 Å². The average Bonchev–Trinajstić information content (AvgIpc) is 3.27. The minimum absolute atomic E-state index is 0.0332. The summed E-state index contributed by atoms with van der Waals surface area (Å²) in [5.74, 6) is 3.17. The molecule has 4 rings (SSSR count). The summed E-state index contributed by atoms with van der Waals surface area (Å²) in [7, 11) is 1.49. The summed E-state index contributed by atoms with van der Waals surface area (Å²) in [6.45, 7) is 1.33. The first-order chi connectivity index (χ1) is 16.9. The van der Waals surface area contributed by atoms with Crippen LogP contribution in [0.5, 0.6) is 5.75 Å². The van der Waals surface area contributed by atoms with E-state index in [-0.39, 0.29) is 29.5 Å². The molecule has 9 heteroatoms. The van der Waals surface area contributed by atoms with E-state index in [2.05, 4.69) is 16.8 Å². The molecule has 1 N–H and O–H groups in total. The zero-order chi connectivity index (χ0) is 24.9. The van der Waals surface area contributed by atoms with Crippen LogP contribution in [0.1, 0.15) is 34.5 Å². The zero-order valence-corrected chi connectivity index (χ0v) is 19.9. The number of fused-ring (bicyclic) bond motifs is 1. The van der Waals surface area contributed by atoms with Gasteiger partial charge in [-0.3, -0.25) is 19.5 Å². The Hall–Kier alpha value is -3.35. The van der Waals surface area contributed by atoms with Gasteiger partial charge in [-0.1, -0.05) is 11.8 Å². The van der Waals surface area contributed by atoms with Crippen molar-refractivity contribution < 1.29 is 28.2 Å². The van der Waals surface area contributed by atoms with Crippen LogP contribution in [0, 0.1) is 35.3 Å². The van der Waals surface area contributed by atoms with Crippen LogP contribution < -0.4 is 4.74 Å². The number of aliphatic carboxylic acids is 1. The highest BCUT2D eigenvalue weighted by Crippen LogP contribution is 2.31. The maximum absolute atomic E-state index is 14.6. The maximum Gasteiger partial charge on any atom is 0.308 e. The summed E-state index contributed by atoms with van der Waals surface area (Å²) >= 11 is 1.22. The molecule has 1 aliphatic rings. The number of piperidine rings is 1. The first kappa shape index (κ1) is 24.8. The molecular weight excluding hydrogens is 474 g/mol. The Morgan fingerprint density at radius 1 is 1.31 bits per heavy atom. The molecule has 35 heavy (non-hydrogen) atoms. The molecule has 0 aliphatic carbocycles. The Morgan fingerprint density at radius 2 is 2.14 bits per heavy atom. The van der Waals surface area contributed by atoms with E-state index in [0.717, 1.165) is 6.20 Å². The van der Waals surface area contributed by atoms with Crippen LogP contribution >= 0.6 is 11.3 Å². The van der Waals surface area contributed by atoms with Crippen molar-refractivity contribution in [2.45, 2.75) is 19.3 Å². The number of carbonyl (C=O) groups excluding carboxylic acids is 1. The number of hydrogen-bond donors (Lipinski definition) is 1. The van der Waals surface area contributed by atoms with Crippen molar-refractivity contribution in [3.8, 4) is 17.6 Å². The molecule has 1 saturated heterocycles. The number of thiophene rings is 1. The van der Waals surface area contributed by atoms with Crippen LogP contribution in [0.2, 0.25) is 0 Å². The van der Waals surface area contributed by atoms with Crippen LogP contribution in [0.4, 0.5) is 8.78 Å². The molecule has 2 aromatic heterocycles. The number of rotatable bonds is 7. The Kier molecular flexibility index (Phi) is 7.73. The molecule has 182 valence electrons. The van der Waals surface area contributed by atoms with Crippen molar-refractivity contribution in [3.05, 3.63) is 57.9 Å². The van der Waals surface area contributed by atoms with Crippen LogP contribution in [-0.4, -0.2) is 53.5 Å². The van der Waals surface area contributed by atoms with E-state index in [0.29, 0.717) is 54.0 Å². The van der Waals surface area contributed by atoms with Crippen molar-refractivity contribution in [2.75, 3.05) is 26.7 Å². The number of hydrogen-bond acceptors (Lipinski definition) is 6. The Bertz CT molecular complexity index is 1310. The molecule has 0 radical (unpaired) electrons. The fraction of sp³-hybridized carbons (Fsp3) is 0.346. The number of likely N-dealkylation sites (tertiary alicyclic amines) is 1. The van der Waals surface area contributed by atoms with Gasteiger partial charge < -0.3 is 9.84 Å². The highest BCUT2D eigenvalue weighted by Gasteiger charge is 2.34. The van der Waals surface area contributed by atoms with Crippen LogP contribution in [0.25, 0.3) is 10.9 Å². The molecule has 3 aromatic rings. The molecule has 3 heterocycles. The van der Waals surface area contributed by atoms with E-state index in [1.54, 1.807) is 18.2 Å². The average molecular weight is 499 g/mol. The third-order valence-corrected chi connectivity index (χ3v) is 7.11. The number of nitrogens with zero attached hydrogens (tertiary/aromatic N) is 2. The molecule has 2 unspecified atom stereocenters. The predicted octanol–water partition coefficient (Wildman–Crippen LogP) is 4.62. The van der Waals surface area contributed by atoms with Gasteiger partial charge in [-0.25, -0.2) is 8.78 Å². The minimum atomic E-state index is -0.925. The Balaban J connectivity index is 1.41. The smallest absolute Gasteiger partial charge is 0.308 e. The first-order valence-electron chi connectivity index (χ1n) is 11.2. The molecule has 0 saturated carbocycles. The third kappa shape index (κ3) is 5.84. The number of ether oxygens (including phenoxy) is 1. The number of methoxy groups -OCH3 is 1. The highest BCUT2D eigenvalue weighted by molar-refractivity contribution is 7.10. The lowest BCUT2D eigenvalue weighted by atomic mass is 9.81. The lowest BCUT2D eigenvalue weighted by Crippen LogP contribution is -2.44. The van der Waals surface area contributed by atoms with E-state index in [9.17, 15) is 23.5 Å². The zero-order valence-electron chi connectivity index (χ0n) is 19.1. The van der Waals surface area contributed by atoms with E-state index >= 15 is 0 Å². The number of halogens is 2. The van der Waals surface area contributed by atoms with Gasteiger partial charge in [0.05, 0.1) is 41.7 Å². The van der Waals surface area contributed by atoms with Gasteiger partial charge >= 0.3 is 5.97 Å². The van der Waals surface area contributed by atoms with Crippen LogP contribution in [0.3, 0.4) is 0 Å². The first-order valence-corrected chi connectivity index (χ1v) is 12.1. The fourth-order valence-electron chi connectivity index (χ4n) is 4.45. The van der Waals surface area contributed by atoms with Crippen molar-refractivity contribution >= 4 is 34.0 Å². The van der Waals surface area contributed by atoms with E-state index in [1.807, 2.05) is 4.90 Å². The third-order valence-electron chi connectivity index (χ3n) is 6.29. The highest BCUT2D eigenvalue weighted by atomic mass is 32.1. The number of aromatic nitrogens is 1. The van der Waals surface area contributed by atoms with Gasteiger partial charge in [-0.15, -0.1) is 11.3 Å². The topological polar surface area (TPSA) is 79.7 Å². The number of carboxylic acid groups (broad SMARTS) is 1. The number of ketones is 1. The molecular formula is C26H24F2N2O4S. The second-order valence-corrected chi connectivity index (χ2v) is 9.40. The molecule has 2 atom stereocenters. The Labute approximate surface area is 205 Å². The van der Waals surface area contributed by atoms with Crippen LogP contribution in [0.15, 0.2) is 35.8 Å². The lowest BCUT2D eigenvalue weighted by molar-refractivity contribution is -0.146. The second-order valence-electron chi connectivity index (χ2n) is 8.49. The van der Waals surface area contributed by atoms with E-state index < -0.39 is 17.7 Å². The maximum atomic E-state index is 14.6. The van der Waals surface area contributed by atoms with Gasteiger partial charge in [-0.05, 0) is 43.5 Å². The minimum Gasteiger partial charge on any atom is -0.497 e. The Morgan fingerprint density at radius 3 is 2.86 bits per heavy atom. The van der Waals surface area contributed by atoms with Crippen molar-refractivity contribution in [3.63, 3.8) is 0 Å². The quantitative estimate of drug-likeness (QED) is 0.378. The summed E-state index contributed by atoms with van der Waals surface area (Å²) in [5, 5.41) is 11.5. The van der Waals surface area contributed by atoms with E-state index in [1.165, 1.54) is 29.9 Å². The van der Waals surface area contributed by atoms with Gasteiger partial charge in [0.15, 0.2) is 11.6 Å². The standard InChI is InChI=1S/C26H24F2N2O4S/c1-34-18-5-6-23-20(12-18)25(22(28)13-29-23)24(31)7-4-16-8-10-30(14-21(16)26(32)33)9-2-3-19-11-17(27)15-35-19/h5-6,11-13,15-16,21H,4,7-10,14H2,1H3,(H,32,33).